The molecule has 0 spiro atoms. The molecule has 0 atom stereocenters. The van der Waals surface area contributed by atoms with Crippen LogP contribution < -0.4 is 20.3 Å². The van der Waals surface area contributed by atoms with E-state index >= 15 is 0 Å². The van der Waals surface area contributed by atoms with E-state index in [0.717, 1.165) is 0 Å². The fourth-order valence-corrected chi connectivity index (χ4v) is 3.54. The molecule has 1 aromatic heterocycles. The van der Waals surface area contributed by atoms with E-state index in [4.69, 9.17) is 22.1 Å². The van der Waals surface area contributed by atoms with Gasteiger partial charge in [0.15, 0.2) is 0 Å². The van der Waals surface area contributed by atoms with E-state index in [0.29, 0.717) is 27.6 Å². The van der Waals surface area contributed by atoms with Crippen LogP contribution in [0.5, 0.6) is 5.75 Å². The van der Waals surface area contributed by atoms with Gasteiger partial charge in [-0.05, 0) is 36.4 Å². The normalized spacial score (nSPS) is 11.4. The molecular formula is C22H23ClF3N5O2. The van der Waals surface area contributed by atoms with Crippen molar-refractivity contribution in [1.82, 2.24) is 9.78 Å². The number of aryl methyl sites for hydroxylation is 1. The van der Waals surface area contributed by atoms with E-state index in [9.17, 15) is 18.0 Å². The summed E-state index contributed by atoms with van der Waals surface area (Å²) in [5, 5.41) is 4.36. The smallest absolute Gasteiger partial charge is 0.472 e. The Balaban J connectivity index is 2.23. The number of nitrogens with two attached hydrogens (primary N) is 1. The molecule has 176 valence electrons. The molecule has 0 aliphatic carbocycles. The molecule has 1 heterocycles. The van der Waals surface area contributed by atoms with Crippen molar-refractivity contribution in [2.75, 3.05) is 37.0 Å². The zero-order valence-corrected chi connectivity index (χ0v) is 19.0. The highest BCUT2D eigenvalue weighted by atomic mass is 35.5. The Labute approximate surface area is 194 Å². The Kier molecular flexibility index (Phi) is 7.19. The lowest BCUT2D eigenvalue weighted by molar-refractivity contribution is -0.169. The largest absolute Gasteiger partial charge is 0.492 e. The summed E-state index contributed by atoms with van der Waals surface area (Å²) in [6, 6.07) is 10.5. The predicted molar refractivity (Wildman–Crippen MR) is 122 cm³/mol. The molecule has 3 aromatic rings. The Morgan fingerprint density at radius 3 is 2.39 bits per heavy atom. The molecule has 0 saturated heterocycles. The molecule has 0 fully saturated rings. The number of carbonyl (C=O) groups is 1. The van der Waals surface area contributed by atoms with Crippen LogP contribution in [0.2, 0.25) is 5.02 Å². The number of alkyl halides is 3. The number of hydrogen-bond donors (Lipinski definition) is 1. The molecule has 0 aliphatic rings. The summed E-state index contributed by atoms with van der Waals surface area (Å²) in [5.41, 5.74) is 7.00. The molecule has 2 N–H and O–H groups in total. The second-order valence-electron chi connectivity index (χ2n) is 7.33. The molecule has 3 rings (SSSR count). The number of aromatic nitrogens is 2. The molecule has 0 unspecified atom stereocenters. The highest BCUT2D eigenvalue weighted by Crippen LogP contribution is 2.40. The topological polar surface area (TPSA) is 76.6 Å². The molecule has 0 aliphatic heterocycles. The summed E-state index contributed by atoms with van der Waals surface area (Å²) in [7, 11) is 5.14. The summed E-state index contributed by atoms with van der Waals surface area (Å²) in [6.45, 7) is 0.411. The summed E-state index contributed by atoms with van der Waals surface area (Å²) >= 11 is 6.30. The first kappa shape index (κ1) is 24.4. The second kappa shape index (κ2) is 9.72. The second-order valence-corrected chi connectivity index (χ2v) is 7.74. The van der Waals surface area contributed by atoms with Crippen LogP contribution in [0.15, 0.2) is 48.7 Å². The van der Waals surface area contributed by atoms with E-state index in [1.54, 1.807) is 38.2 Å². The minimum absolute atomic E-state index is 0.0133. The molecule has 11 heteroatoms. The highest BCUT2D eigenvalue weighted by Gasteiger charge is 2.44. The molecular weight excluding hydrogens is 459 g/mol. The fourth-order valence-electron chi connectivity index (χ4n) is 3.27. The van der Waals surface area contributed by atoms with Gasteiger partial charge in [-0.2, -0.15) is 18.3 Å². The van der Waals surface area contributed by atoms with Gasteiger partial charge in [-0.25, -0.2) is 0 Å². The van der Waals surface area contributed by atoms with Crippen LogP contribution in [0.4, 0.5) is 30.2 Å². The Bertz CT molecular complexity index is 1130. The zero-order valence-electron chi connectivity index (χ0n) is 18.2. The zero-order chi connectivity index (χ0) is 24.3. The van der Waals surface area contributed by atoms with Crippen molar-refractivity contribution in [1.29, 1.82) is 0 Å². The molecule has 1 amide bonds. The predicted octanol–water partition coefficient (Wildman–Crippen LogP) is 4.37. The van der Waals surface area contributed by atoms with E-state index in [-0.39, 0.29) is 29.5 Å². The van der Waals surface area contributed by atoms with E-state index < -0.39 is 12.1 Å². The van der Waals surface area contributed by atoms with Crippen LogP contribution in [-0.4, -0.2) is 49.1 Å². The molecule has 2 aromatic carbocycles. The van der Waals surface area contributed by atoms with Gasteiger partial charge < -0.3 is 15.4 Å². The SMILES string of the molecule is CN(C)c1cccc(N(C(=O)C(F)(F)F)c2ccc(OCCN)c(-c3c(Cl)cnn3C)c2)c1. The van der Waals surface area contributed by atoms with Crippen molar-refractivity contribution in [2.45, 2.75) is 6.18 Å². The van der Waals surface area contributed by atoms with Crippen LogP contribution in [-0.2, 0) is 11.8 Å². The maximum atomic E-state index is 13.6. The molecule has 0 bridgehead atoms. The number of halogens is 4. The van der Waals surface area contributed by atoms with E-state index in [1.165, 1.54) is 41.2 Å². The number of carbonyl (C=O) groups excluding carboxylic acids is 1. The monoisotopic (exact) mass is 481 g/mol. The van der Waals surface area contributed by atoms with Crippen LogP contribution >= 0.6 is 11.6 Å². The first-order chi connectivity index (χ1) is 15.5. The number of hydrogen-bond acceptors (Lipinski definition) is 5. The molecule has 0 saturated carbocycles. The Morgan fingerprint density at radius 2 is 1.82 bits per heavy atom. The van der Waals surface area contributed by atoms with Crippen LogP contribution in [0.3, 0.4) is 0 Å². The summed E-state index contributed by atoms with van der Waals surface area (Å²) < 4.78 is 48.0. The van der Waals surface area contributed by atoms with Gasteiger partial charge in [0.1, 0.15) is 12.4 Å². The fraction of sp³-hybridized carbons (Fsp3) is 0.273. The molecule has 0 radical (unpaired) electrons. The minimum atomic E-state index is -5.10. The number of rotatable bonds is 7. The van der Waals surface area contributed by atoms with Gasteiger partial charge in [-0.15, -0.1) is 0 Å². The van der Waals surface area contributed by atoms with Gasteiger partial charge >= 0.3 is 12.1 Å². The number of nitrogens with zero attached hydrogens (tertiary/aromatic N) is 4. The van der Waals surface area contributed by atoms with Gasteiger partial charge in [0, 0.05) is 38.9 Å². The Morgan fingerprint density at radius 1 is 1.15 bits per heavy atom. The van der Waals surface area contributed by atoms with Crippen molar-refractivity contribution in [3.8, 4) is 17.0 Å². The standard InChI is InChI=1S/C22H23ClF3N5O2/c1-29(2)14-5-4-6-15(11-14)31(21(32)22(24,25)26)16-7-8-19(33-10-9-27)17(12-16)20-18(23)13-28-30(20)3/h4-8,11-13H,9-10,27H2,1-3H3. The maximum Gasteiger partial charge on any atom is 0.472 e. The number of benzene rings is 2. The lowest BCUT2D eigenvalue weighted by atomic mass is 10.1. The average molecular weight is 482 g/mol. The van der Waals surface area contributed by atoms with Gasteiger partial charge in [-0.3, -0.25) is 14.4 Å². The third kappa shape index (κ3) is 5.23. The van der Waals surface area contributed by atoms with Gasteiger partial charge in [0.05, 0.1) is 28.3 Å². The lowest BCUT2D eigenvalue weighted by Crippen LogP contribution is -2.38. The maximum absolute atomic E-state index is 13.6. The first-order valence-electron chi connectivity index (χ1n) is 9.88. The summed E-state index contributed by atoms with van der Waals surface area (Å²) in [4.78, 5) is 14.9. The molecule has 7 nitrogen and oxygen atoms in total. The van der Waals surface area contributed by atoms with Crippen LogP contribution in [0, 0.1) is 0 Å². The quantitative estimate of drug-likeness (QED) is 0.542. The molecule has 33 heavy (non-hydrogen) atoms. The van der Waals surface area contributed by atoms with Gasteiger partial charge in [0.2, 0.25) is 0 Å². The van der Waals surface area contributed by atoms with Crippen LogP contribution in [0.1, 0.15) is 0 Å². The average Bonchev–Trinajstić information content (AvgIpc) is 3.10. The van der Waals surface area contributed by atoms with Crippen molar-refractivity contribution in [2.24, 2.45) is 12.8 Å². The van der Waals surface area contributed by atoms with Gasteiger partial charge in [-0.1, -0.05) is 17.7 Å². The van der Waals surface area contributed by atoms with Crippen molar-refractivity contribution in [3.05, 3.63) is 53.7 Å². The number of amides is 1. The Hall–Kier alpha value is -3.24. The third-order valence-corrected chi connectivity index (χ3v) is 5.07. The van der Waals surface area contributed by atoms with Crippen molar-refractivity contribution >= 4 is 34.6 Å². The first-order valence-corrected chi connectivity index (χ1v) is 10.3. The van der Waals surface area contributed by atoms with Crippen molar-refractivity contribution < 1.29 is 22.7 Å². The highest BCUT2D eigenvalue weighted by molar-refractivity contribution is 6.33. The third-order valence-electron chi connectivity index (χ3n) is 4.80. The lowest BCUT2D eigenvalue weighted by Gasteiger charge is -2.26. The van der Waals surface area contributed by atoms with E-state index in [2.05, 4.69) is 5.10 Å². The summed E-state index contributed by atoms with van der Waals surface area (Å²) in [6.07, 6.45) is -3.69. The van der Waals surface area contributed by atoms with Gasteiger partial charge in [0.25, 0.3) is 0 Å². The van der Waals surface area contributed by atoms with Crippen molar-refractivity contribution in [3.63, 3.8) is 0 Å². The minimum Gasteiger partial charge on any atom is -0.492 e. The summed E-state index contributed by atoms with van der Waals surface area (Å²) in [5.74, 6) is -1.69. The van der Waals surface area contributed by atoms with Crippen LogP contribution in [0.25, 0.3) is 11.3 Å². The number of ether oxygens (including phenoxy) is 1. The number of anilines is 3. The van der Waals surface area contributed by atoms with E-state index in [1.807, 2.05) is 0 Å².